The summed E-state index contributed by atoms with van der Waals surface area (Å²) in [7, 11) is 1.59. The molecule has 0 saturated carbocycles. The molecule has 0 aliphatic rings. The Morgan fingerprint density at radius 3 is 2.27 bits per heavy atom. The Balaban J connectivity index is 1.96. The number of benzene rings is 3. The maximum atomic E-state index is 13.0. The van der Waals surface area contributed by atoms with Crippen LogP contribution < -0.4 is 10.1 Å². The van der Waals surface area contributed by atoms with E-state index in [-0.39, 0.29) is 11.9 Å². The second kappa shape index (κ2) is 8.19. The molecule has 0 radical (unpaired) electrons. The first kappa shape index (κ1) is 18.2. The van der Waals surface area contributed by atoms with Crippen LogP contribution >= 0.6 is 15.9 Å². The second-order valence-electron chi connectivity index (χ2n) is 6.07. The molecule has 3 aromatic carbocycles. The van der Waals surface area contributed by atoms with Crippen LogP contribution in [-0.2, 0) is 0 Å². The summed E-state index contributed by atoms with van der Waals surface area (Å²) in [4.78, 5) is 13.0. The molecule has 0 fully saturated rings. The fourth-order valence-electron chi connectivity index (χ4n) is 2.78. The molecular formula is C22H20BrNO2. The van der Waals surface area contributed by atoms with Crippen molar-refractivity contribution >= 4 is 21.8 Å². The molecule has 1 atom stereocenters. The standard InChI is InChI=1S/C22H20BrNO2/c1-15-8-10-17(11-9-15)21(16-6-4-3-5-7-16)24-22(25)19-14-18(26-2)12-13-20(19)23/h3-14,21H,1-2H3,(H,24,25). The Labute approximate surface area is 162 Å². The quantitative estimate of drug-likeness (QED) is 0.621. The highest BCUT2D eigenvalue weighted by molar-refractivity contribution is 9.10. The molecule has 0 heterocycles. The lowest BCUT2D eigenvalue weighted by Gasteiger charge is -2.21. The third-order valence-corrected chi connectivity index (χ3v) is 4.93. The van der Waals surface area contributed by atoms with Gasteiger partial charge in [-0.25, -0.2) is 0 Å². The van der Waals surface area contributed by atoms with Gasteiger partial charge in [-0.05, 0) is 52.2 Å². The van der Waals surface area contributed by atoms with Crippen LogP contribution in [-0.4, -0.2) is 13.0 Å². The lowest BCUT2D eigenvalue weighted by atomic mass is 9.97. The highest BCUT2D eigenvalue weighted by Crippen LogP contribution is 2.26. The summed E-state index contributed by atoms with van der Waals surface area (Å²) in [6, 6.07) is 23.3. The zero-order valence-corrected chi connectivity index (χ0v) is 16.3. The van der Waals surface area contributed by atoms with Crippen LogP contribution in [0.15, 0.2) is 77.3 Å². The molecule has 1 N–H and O–H groups in total. The van der Waals surface area contributed by atoms with Crippen molar-refractivity contribution in [2.75, 3.05) is 7.11 Å². The van der Waals surface area contributed by atoms with E-state index < -0.39 is 0 Å². The summed E-state index contributed by atoms with van der Waals surface area (Å²) in [5.41, 5.74) is 3.79. The number of hydrogen-bond acceptors (Lipinski definition) is 2. The molecule has 4 heteroatoms. The molecule has 0 saturated heterocycles. The molecule has 3 rings (SSSR count). The highest BCUT2D eigenvalue weighted by atomic mass is 79.9. The van der Waals surface area contributed by atoms with Crippen molar-refractivity contribution in [3.05, 3.63) is 99.5 Å². The van der Waals surface area contributed by atoms with Gasteiger partial charge < -0.3 is 10.1 Å². The van der Waals surface area contributed by atoms with E-state index in [1.165, 1.54) is 5.56 Å². The molecule has 0 aliphatic carbocycles. The van der Waals surface area contributed by atoms with E-state index in [1.54, 1.807) is 13.2 Å². The largest absolute Gasteiger partial charge is 0.497 e. The average molecular weight is 410 g/mol. The summed E-state index contributed by atoms with van der Waals surface area (Å²) in [5.74, 6) is 0.482. The van der Waals surface area contributed by atoms with Gasteiger partial charge in [0.1, 0.15) is 5.75 Å². The van der Waals surface area contributed by atoms with Gasteiger partial charge in [0, 0.05) is 4.47 Å². The predicted molar refractivity (Wildman–Crippen MR) is 108 cm³/mol. The summed E-state index contributed by atoms with van der Waals surface area (Å²) < 4.78 is 5.97. The van der Waals surface area contributed by atoms with Gasteiger partial charge in [-0.15, -0.1) is 0 Å². The minimum atomic E-state index is -0.234. The second-order valence-corrected chi connectivity index (χ2v) is 6.93. The fourth-order valence-corrected chi connectivity index (χ4v) is 3.20. The van der Waals surface area contributed by atoms with Crippen molar-refractivity contribution < 1.29 is 9.53 Å². The number of nitrogens with one attached hydrogen (secondary N) is 1. The zero-order chi connectivity index (χ0) is 18.5. The number of hydrogen-bond donors (Lipinski definition) is 1. The van der Waals surface area contributed by atoms with Crippen LogP contribution in [0.1, 0.15) is 33.1 Å². The van der Waals surface area contributed by atoms with E-state index in [1.807, 2.05) is 61.5 Å². The van der Waals surface area contributed by atoms with Gasteiger partial charge in [0.05, 0.1) is 18.7 Å². The number of ether oxygens (including phenoxy) is 1. The Hall–Kier alpha value is -2.59. The van der Waals surface area contributed by atoms with Gasteiger partial charge in [0.25, 0.3) is 5.91 Å². The average Bonchev–Trinajstić information content (AvgIpc) is 2.68. The van der Waals surface area contributed by atoms with E-state index in [0.29, 0.717) is 11.3 Å². The molecule has 26 heavy (non-hydrogen) atoms. The minimum absolute atomic E-state index is 0.162. The number of carbonyl (C=O) groups is 1. The SMILES string of the molecule is COc1ccc(Br)c(C(=O)NC(c2ccccc2)c2ccc(C)cc2)c1. The van der Waals surface area contributed by atoms with Crippen molar-refractivity contribution in [3.63, 3.8) is 0 Å². The Kier molecular flexibility index (Phi) is 5.74. The van der Waals surface area contributed by atoms with E-state index in [2.05, 4.69) is 33.4 Å². The highest BCUT2D eigenvalue weighted by Gasteiger charge is 2.19. The molecule has 1 unspecified atom stereocenters. The lowest BCUT2D eigenvalue weighted by molar-refractivity contribution is 0.0942. The predicted octanol–water partition coefficient (Wildman–Crippen LogP) is 5.29. The van der Waals surface area contributed by atoms with E-state index in [0.717, 1.165) is 15.6 Å². The van der Waals surface area contributed by atoms with Crippen molar-refractivity contribution in [1.82, 2.24) is 5.32 Å². The van der Waals surface area contributed by atoms with Crippen molar-refractivity contribution in [2.24, 2.45) is 0 Å². The molecule has 132 valence electrons. The van der Waals surface area contributed by atoms with Crippen LogP contribution in [0.3, 0.4) is 0 Å². The van der Waals surface area contributed by atoms with Gasteiger partial charge in [0.2, 0.25) is 0 Å². The van der Waals surface area contributed by atoms with E-state index in [4.69, 9.17) is 4.74 Å². The number of aryl methyl sites for hydroxylation is 1. The van der Waals surface area contributed by atoms with Crippen LogP contribution in [0.25, 0.3) is 0 Å². The smallest absolute Gasteiger partial charge is 0.253 e. The van der Waals surface area contributed by atoms with Gasteiger partial charge in [0.15, 0.2) is 0 Å². The van der Waals surface area contributed by atoms with E-state index in [9.17, 15) is 4.79 Å². The van der Waals surface area contributed by atoms with Gasteiger partial charge in [-0.3, -0.25) is 4.79 Å². The number of amides is 1. The fraction of sp³-hybridized carbons (Fsp3) is 0.136. The normalized spacial score (nSPS) is 11.7. The maximum Gasteiger partial charge on any atom is 0.253 e. The minimum Gasteiger partial charge on any atom is -0.497 e. The van der Waals surface area contributed by atoms with Crippen molar-refractivity contribution in [2.45, 2.75) is 13.0 Å². The summed E-state index contributed by atoms with van der Waals surface area (Å²) >= 11 is 3.46. The molecule has 0 aromatic heterocycles. The first-order chi connectivity index (χ1) is 12.6. The van der Waals surface area contributed by atoms with Crippen molar-refractivity contribution in [3.8, 4) is 5.75 Å². The van der Waals surface area contributed by atoms with Gasteiger partial charge in [-0.2, -0.15) is 0 Å². The van der Waals surface area contributed by atoms with Crippen LogP contribution in [0.2, 0.25) is 0 Å². The first-order valence-corrected chi connectivity index (χ1v) is 9.13. The number of methoxy groups -OCH3 is 1. The Morgan fingerprint density at radius 2 is 1.62 bits per heavy atom. The number of rotatable bonds is 5. The maximum absolute atomic E-state index is 13.0. The molecule has 1 amide bonds. The van der Waals surface area contributed by atoms with Crippen LogP contribution in [0, 0.1) is 6.92 Å². The molecule has 3 nitrogen and oxygen atoms in total. The number of carbonyl (C=O) groups excluding carboxylic acids is 1. The van der Waals surface area contributed by atoms with Crippen LogP contribution in [0.4, 0.5) is 0 Å². The topological polar surface area (TPSA) is 38.3 Å². The third kappa shape index (κ3) is 4.14. The van der Waals surface area contributed by atoms with Crippen LogP contribution in [0.5, 0.6) is 5.75 Å². The molecule has 0 spiro atoms. The lowest BCUT2D eigenvalue weighted by Crippen LogP contribution is -2.29. The van der Waals surface area contributed by atoms with Gasteiger partial charge in [-0.1, -0.05) is 60.2 Å². The Morgan fingerprint density at radius 1 is 0.962 bits per heavy atom. The molecule has 0 aliphatic heterocycles. The summed E-state index contributed by atoms with van der Waals surface area (Å²) in [6.45, 7) is 2.05. The summed E-state index contributed by atoms with van der Waals surface area (Å²) in [5, 5.41) is 3.15. The number of halogens is 1. The monoisotopic (exact) mass is 409 g/mol. The molecular weight excluding hydrogens is 390 g/mol. The molecule has 0 bridgehead atoms. The third-order valence-electron chi connectivity index (χ3n) is 4.24. The molecule has 3 aromatic rings. The first-order valence-electron chi connectivity index (χ1n) is 8.34. The Bertz CT molecular complexity index is 892. The van der Waals surface area contributed by atoms with Crippen molar-refractivity contribution in [1.29, 1.82) is 0 Å². The van der Waals surface area contributed by atoms with Gasteiger partial charge >= 0.3 is 0 Å². The zero-order valence-electron chi connectivity index (χ0n) is 14.7. The summed E-state index contributed by atoms with van der Waals surface area (Å²) in [6.07, 6.45) is 0. The van der Waals surface area contributed by atoms with E-state index >= 15 is 0 Å².